The number of nitrogens with zero attached hydrogens (tertiary/aromatic N) is 1. The third kappa shape index (κ3) is 6.43. The number of phenols is 1. The van der Waals surface area contributed by atoms with Crippen LogP contribution in [0.15, 0.2) is 94.7 Å². The van der Waals surface area contributed by atoms with Crippen LogP contribution in [0.3, 0.4) is 0 Å². The molecule has 1 atom stereocenters. The molecule has 0 radical (unpaired) electrons. The van der Waals surface area contributed by atoms with Gasteiger partial charge in [0.15, 0.2) is 11.5 Å². The van der Waals surface area contributed by atoms with Crippen molar-refractivity contribution >= 4 is 35.0 Å². The molecule has 1 aliphatic rings. The zero-order valence-corrected chi connectivity index (χ0v) is 22.6. The first-order valence-electron chi connectivity index (χ1n) is 12.2. The molecule has 0 fully saturated rings. The van der Waals surface area contributed by atoms with Crippen LogP contribution in [0, 0.1) is 18.3 Å². The molecule has 2 amide bonds. The summed E-state index contributed by atoms with van der Waals surface area (Å²) < 4.78 is 5.29. The maximum atomic E-state index is 13.6. The Morgan fingerprint density at radius 3 is 2.38 bits per heavy atom. The fourth-order valence-corrected chi connectivity index (χ4v) is 5.12. The summed E-state index contributed by atoms with van der Waals surface area (Å²) in [6, 6.07) is 23.5. The van der Waals surface area contributed by atoms with Crippen molar-refractivity contribution in [3.05, 3.63) is 106 Å². The number of rotatable bonds is 8. The summed E-state index contributed by atoms with van der Waals surface area (Å²) >= 11 is 1.18. The van der Waals surface area contributed by atoms with Crippen molar-refractivity contribution in [3.63, 3.8) is 0 Å². The van der Waals surface area contributed by atoms with E-state index in [-0.39, 0.29) is 34.6 Å². The lowest BCUT2D eigenvalue weighted by atomic mass is 9.82. The van der Waals surface area contributed by atoms with Crippen molar-refractivity contribution < 1.29 is 19.4 Å². The van der Waals surface area contributed by atoms with Gasteiger partial charge in [0.05, 0.1) is 35.5 Å². The molecule has 4 rings (SSSR count). The van der Waals surface area contributed by atoms with Crippen LogP contribution in [0.5, 0.6) is 11.5 Å². The number of allylic oxidation sites excluding steroid dienone is 2. The zero-order valence-electron chi connectivity index (χ0n) is 21.7. The Hall–Kier alpha value is -4.68. The van der Waals surface area contributed by atoms with Crippen molar-refractivity contribution in [2.24, 2.45) is 0 Å². The van der Waals surface area contributed by atoms with Crippen molar-refractivity contribution in [2.75, 3.05) is 23.5 Å². The third-order valence-corrected chi connectivity index (χ3v) is 7.16. The van der Waals surface area contributed by atoms with E-state index < -0.39 is 5.92 Å². The molecular weight excluding hydrogens is 512 g/mol. The lowest BCUT2D eigenvalue weighted by Crippen LogP contribution is -2.31. The number of benzene rings is 3. The minimum Gasteiger partial charge on any atom is -0.504 e. The van der Waals surface area contributed by atoms with Gasteiger partial charge in [0.25, 0.3) is 5.91 Å². The number of nitrogens with one attached hydrogen (secondary N) is 3. The van der Waals surface area contributed by atoms with Crippen LogP contribution in [0.1, 0.15) is 24.0 Å². The summed E-state index contributed by atoms with van der Waals surface area (Å²) in [4.78, 5) is 26.2. The van der Waals surface area contributed by atoms with E-state index in [0.717, 1.165) is 5.56 Å². The van der Waals surface area contributed by atoms with Crippen molar-refractivity contribution in [2.45, 2.75) is 19.8 Å². The molecule has 0 saturated carbocycles. The van der Waals surface area contributed by atoms with E-state index in [1.165, 1.54) is 24.9 Å². The minimum absolute atomic E-state index is 0.0475. The number of carbonyl (C=O) groups excluding carboxylic acids is 2. The van der Waals surface area contributed by atoms with E-state index >= 15 is 0 Å². The average Bonchev–Trinajstić information content (AvgIpc) is 2.93. The largest absolute Gasteiger partial charge is 0.504 e. The number of dihydropyridines is 1. The monoisotopic (exact) mass is 540 g/mol. The molecule has 1 heterocycles. The van der Waals surface area contributed by atoms with Gasteiger partial charge in [-0.25, -0.2) is 0 Å². The smallest absolute Gasteiger partial charge is 0.254 e. The highest BCUT2D eigenvalue weighted by Crippen LogP contribution is 2.43. The lowest BCUT2D eigenvalue weighted by molar-refractivity contribution is -0.114. The highest BCUT2D eigenvalue weighted by Gasteiger charge is 2.35. The van der Waals surface area contributed by atoms with Crippen molar-refractivity contribution in [3.8, 4) is 17.6 Å². The van der Waals surface area contributed by atoms with Crippen LogP contribution in [-0.2, 0) is 9.59 Å². The molecule has 9 heteroatoms. The number of carbonyl (C=O) groups is 2. The second kappa shape index (κ2) is 12.2. The second-order valence-corrected chi connectivity index (χ2v) is 9.89. The third-order valence-electron chi connectivity index (χ3n) is 6.14. The first-order chi connectivity index (χ1) is 18.8. The topological polar surface area (TPSA) is 123 Å². The van der Waals surface area contributed by atoms with E-state index in [0.29, 0.717) is 33.2 Å². The lowest BCUT2D eigenvalue weighted by Gasteiger charge is -2.30. The van der Waals surface area contributed by atoms with Gasteiger partial charge >= 0.3 is 0 Å². The van der Waals surface area contributed by atoms with Gasteiger partial charge in [-0.1, -0.05) is 53.7 Å². The Morgan fingerprint density at radius 2 is 1.72 bits per heavy atom. The van der Waals surface area contributed by atoms with E-state index in [2.05, 4.69) is 22.0 Å². The number of aromatic hydroxyl groups is 1. The van der Waals surface area contributed by atoms with Gasteiger partial charge in [-0.05, 0) is 55.8 Å². The number of thioether (sulfide) groups is 1. The maximum Gasteiger partial charge on any atom is 0.254 e. The number of amides is 2. The molecule has 8 nitrogen and oxygen atoms in total. The number of anilines is 2. The van der Waals surface area contributed by atoms with Crippen molar-refractivity contribution in [1.29, 1.82) is 5.26 Å². The Balaban J connectivity index is 1.67. The summed E-state index contributed by atoms with van der Waals surface area (Å²) in [6.45, 7) is 3.72. The predicted molar refractivity (Wildman–Crippen MR) is 153 cm³/mol. The quantitative estimate of drug-likeness (QED) is 0.301. The number of phenolic OH excluding ortho intramolecular Hbond substituents is 1. The summed E-state index contributed by atoms with van der Waals surface area (Å²) in [5.74, 6) is -1.17. The molecule has 0 aliphatic carbocycles. The first kappa shape index (κ1) is 27.4. The highest BCUT2D eigenvalue weighted by atomic mass is 32.2. The molecule has 0 aromatic heterocycles. The summed E-state index contributed by atoms with van der Waals surface area (Å²) in [5.41, 5.74) is 4.13. The van der Waals surface area contributed by atoms with E-state index in [9.17, 15) is 20.0 Å². The Kier molecular flexibility index (Phi) is 8.59. The van der Waals surface area contributed by atoms with Gasteiger partial charge < -0.3 is 25.8 Å². The molecule has 198 valence electrons. The normalized spacial score (nSPS) is 14.8. The molecule has 1 aliphatic heterocycles. The van der Waals surface area contributed by atoms with E-state index in [4.69, 9.17) is 4.74 Å². The Labute approximate surface area is 231 Å². The number of methoxy groups -OCH3 is 1. The average molecular weight is 541 g/mol. The van der Waals surface area contributed by atoms with Crippen LogP contribution in [0.4, 0.5) is 11.4 Å². The highest BCUT2D eigenvalue weighted by molar-refractivity contribution is 8.03. The molecule has 0 bridgehead atoms. The summed E-state index contributed by atoms with van der Waals surface area (Å²) in [6.07, 6.45) is 0. The van der Waals surface area contributed by atoms with Gasteiger partial charge in [-0.3, -0.25) is 9.59 Å². The van der Waals surface area contributed by atoms with E-state index in [1.54, 1.807) is 31.2 Å². The number of para-hydroxylation sites is 1. The molecule has 4 N–H and O–H groups in total. The molecule has 0 saturated heterocycles. The second-order valence-electron chi connectivity index (χ2n) is 8.91. The molecule has 3 aromatic carbocycles. The van der Waals surface area contributed by atoms with Crippen LogP contribution in [-0.4, -0.2) is 29.8 Å². The fraction of sp³-hybridized carbons (Fsp3) is 0.167. The SMILES string of the molecule is COc1cc(C2C(C#N)=C(SCC(=O)Nc3ccc(C)cc3)NC(C)=C2C(=O)Nc2ccccc2)ccc1O. The predicted octanol–water partition coefficient (Wildman–Crippen LogP) is 5.42. The molecule has 3 aromatic rings. The molecule has 0 spiro atoms. The van der Waals surface area contributed by atoms with Gasteiger partial charge in [0.2, 0.25) is 5.91 Å². The minimum atomic E-state index is -0.767. The fourth-order valence-electron chi connectivity index (χ4n) is 4.23. The number of aryl methyl sites for hydroxylation is 1. The van der Waals surface area contributed by atoms with Gasteiger partial charge in [-0.15, -0.1) is 0 Å². The van der Waals surface area contributed by atoms with Crippen LogP contribution >= 0.6 is 11.8 Å². The summed E-state index contributed by atoms with van der Waals surface area (Å²) in [5, 5.41) is 29.9. The van der Waals surface area contributed by atoms with Crippen molar-refractivity contribution in [1.82, 2.24) is 5.32 Å². The van der Waals surface area contributed by atoms with Gasteiger partial charge in [0, 0.05) is 22.6 Å². The maximum absolute atomic E-state index is 13.6. The van der Waals surface area contributed by atoms with E-state index in [1.807, 2.05) is 49.4 Å². The number of hydrogen-bond acceptors (Lipinski definition) is 7. The standard InChI is InChI=1S/C30H28N4O4S/c1-18-9-12-22(13-10-18)33-26(36)17-39-30-23(16-31)28(20-11-14-24(35)25(15-20)38-3)27(19(2)32-30)29(37)34-21-7-5-4-6-8-21/h4-15,28,32,35H,17H2,1-3H3,(H,33,36)(H,34,37). The van der Waals surface area contributed by atoms with Gasteiger partial charge in [0.1, 0.15) is 0 Å². The Bertz CT molecular complexity index is 1490. The van der Waals surface area contributed by atoms with Crippen LogP contribution in [0.2, 0.25) is 0 Å². The van der Waals surface area contributed by atoms with Gasteiger partial charge in [-0.2, -0.15) is 5.26 Å². The van der Waals surface area contributed by atoms with Crippen LogP contribution < -0.4 is 20.7 Å². The molecule has 39 heavy (non-hydrogen) atoms. The zero-order chi connectivity index (χ0) is 27.9. The molecule has 1 unspecified atom stereocenters. The number of ether oxygens (including phenoxy) is 1. The Morgan fingerprint density at radius 1 is 1.03 bits per heavy atom. The first-order valence-corrected chi connectivity index (χ1v) is 13.1. The van der Waals surface area contributed by atoms with Crippen LogP contribution in [0.25, 0.3) is 0 Å². The number of nitriles is 1. The molecular formula is C30H28N4O4S. The number of hydrogen-bond donors (Lipinski definition) is 4. The summed E-state index contributed by atoms with van der Waals surface area (Å²) in [7, 11) is 1.43.